The first kappa shape index (κ1) is 11.4. The van der Waals surface area contributed by atoms with Crippen molar-refractivity contribution in [1.29, 1.82) is 0 Å². The van der Waals surface area contributed by atoms with Gasteiger partial charge in [0.15, 0.2) is 5.84 Å². The van der Waals surface area contributed by atoms with Crippen LogP contribution in [-0.4, -0.2) is 26.2 Å². The lowest BCUT2D eigenvalue weighted by atomic mass is 10.3. The minimum atomic E-state index is -0.0471. The summed E-state index contributed by atoms with van der Waals surface area (Å²) in [6.45, 7) is 1.71. The van der Waals surface area contributed by atoms with Crippen LogP contribution >= 0.6 is 11.8 Å². The number of oxime groups is 1. The molecule has 0 fully saturated rings. The van der Waals surface area contributed by atoms with E-state index in [-0.39, 0.29) is 5.84 Å². The van der Waals surface area contributed by atoms with Gasteiger partial charge in [0.25, 0.3) is 5.22 Å². The largest absolute Gasteiger partial charge is 0.416 e. The summed E-state index contributed by atoms with van der Waals surface area (Å²) in [5.41, 5.74) is 5.82. The SMILES string of the molecule is Cc1nnc(Sc2cccc(C(N)=NO)n2)o1. The summed E-state index contributed by atoms with van der Waals surface area (Å²) in [7, 11) is 0. The van der Waals surface area contributed by atoms with Gasteiger partial charge in [0.2, 0.25) is 5.89 Å². The normalized spacial score (nSPS) is 11.7. The summed E-state index contributed by atoms with van der Waals surface area (Å²) in [6.07, 6.45) is 0. The van der Waals surface area contributed by atoms with Crippen LogP contribution < -0.4 is 5.73 Å². The van der Waals surface area contributed by atoms with E-state index in [1.54, 1.807) is 25.1 Å². The molecule has 3 N–H and O–H groups in total. The molecule has 0 amide bonds. The molecule has 0 radical (unpaired) electrons. The molecule has 0 saturated heterocycles. The van der Waals surface area contributed by atoms with Gasteiger partial charge < -0.3 is 15.4 Å². The van der Waals surface area contributed by atoms with Crippen LogP contribution in [0.15, 0.2) is 38.0 Å². The van der Waals surface area contributed by atoms with Crippen molar-refractivity contribution in [2.75, 3.05) is 0 Å². The quantitative estimate of drug-likeness (QED) is 0.362. The Hall–Kier alpha value is -2.09. The van der Waals surface area contributed by atoms with Gasteiger partial charge in [-0.05, 0) is 23.9 Å². The average molecular weight is 251 g/mol. The highest BCUT2D eigenvalue weighted by atomic mass is 32.2. The standard InChI is InChI=1S/C9H9N5O2S/c1-5-12-13-9(16-5)17-7-4-2-3-6(11-7)8(10)14-15/h2-4,15H,1H3,(H2,10,14). The molecule has 2 rings (SSSR count). The van der Waals surface area contributed by atoms with E-state index >= 15 is 0 Å². The minimum Gasteiger partial charge on any atom is -0.416 e. The third-order valence-corrected chi connectivity index (χ3v) is 2.57. The van der Waals surface area contributed by atoms with E-state index in [0.717, 1.165) is 0 Å². The Balaban J connectivity index is 2.22. The van der Waals surface area contributed by atoms with E-state index < -0.39 is 0 Å². The molecule has 2 heterocycles. The van der Waals surface area contributed by atoms with E-state index in [4.69, 9.17) is 15.4 Å². The molecular weight excluding hydrogens is 242 g/mol. The van der Waals surface area contributed by atoms with Gasteiger partial charge in [-0.15, -0.1) is 10.2 Å². The van der Waals surface area contributed by atoms with E-state index in [9.17, 15) is 0 Å². The van der Waals surface area contributed by atoms with Crippen LogP contribution in [0.3, 0.4) is 0 Å². The van der Waals surface area contributed by atoms with Gasteiger partial charge in [-0.25, -0.2) is 4.98 Å². The highest BCUT2D eigenvalue weighted by molar-refractivity contribution is 7.99. The number of rotatable bonds is 3. The first-order chi connectivity index (χ1) is 8.19. The smallest absolute Gasteiger partial charge is 0.282 e. The molecule has 8 heteroatoms. The van der Waals surface area contributed by atoms with Gasteiger partial charge in [0.1, 0.15) is 10.7 Å². The first-order valence-electron chi connectivity index (χ1n) is 4.62. The van der Waals surface area contributed by atoms with Crippen LogP contribution in [0.4, 0.5) is 0 Å². The van der Waals surface area contributed by atoms with Crippen LogP contribution in [0.1, 0.15) is 11.6 Å². The van der Waals surface area contributed by atoms with Crippen LogP contribution in [0.5, 0.6) is 0 Å². The molecule has 0 bridgehead atoms. The van der Waals surface area contributed by atoms with Crippen molar-refractivity contribution < 1.29 is 9.62 Å². The van der Waals surface area contributed by atoms with Gasteiger partial charge in [0, 0.05) is 6.92 Å². The number of amidine groups is 1. The molecule has 0 spiro atoms. The van der Waals surface area contributed by atoms with Crippen LogP contribution in [0, 0.1) is 6.92 Å². The summed E-state index contributed by atoms with van der Waals surface area (Å²) in [5, 5.41) is 20.0. The van der Waals surface area contributed by atoms with Crippen molar-refractivity contribution in [3.05, 3.63) is 29.8 Å². The zero-order chi connectivity index (χ0) is 12.3. The van der Waals surface area contributed by atoms with E-state index in [2.05, 4.69) is 20.3 Å². The molecule has 17 heavy (non-hydrogen) atoms. The number of pyridine rings is 1. The lowest BCUT2D eigenvalue weighted by Gasteiger charge is -1.99. The summed E-state index contributed by atoms with van der Waals surface area (Å²) < 4.78 is 5.20. The molecule has 88 valence electrons. The predicted molar refractivity (Wildman–Crippen MR) is 59.9 cm³/mol. The van der Waals surface area contributed by atoms with Gasteiger partial charge in [-0.3, -0.25) is 0 Å². The zero-order valence-corrected chi connectivity index (χ0v) is 9.68. The summed E-state index contributed by atoms with van der Waals surface area (Å²) in [4.78, 5) is 4.17. The topological polar surface area (TPSA) is 110 Å². The molecule has 0 saturated carbocycles. The number of nitrogens with two attached hydrogens (primary N) is 1. The maximum absolute atomic E-state index is 8.55. The Morgan fingerprint density at radius 2 is 2.29 bits per heavy atom. The molecule has 0 aliphatic heterocycles. The molecule has 0 atom stereocenters. The Labute approximate surface area is 101 Å². The second-order valence-electron chi connectivity index (χ2n) is 3.04. The molecule has 2 aromatic rings. The first-order valence-corrected chi connectivity index (χ1v) is 5.43. The molecule has 2 aromatic heterocycles. The predicted octanol–water partition coefficient (Wildman–Crippen LogP) is 1.02. The van der Waals surface area contributed by atoms with Crippen molar-refractivity contribution in [3.63, 3.8) is 0 Å². The van der Waals surface area contributed by atoms with Gasteiger partial charge in [-0.2, -0.15) is 0 Å². The number of aryl methyl sites for hydroxylation is 1. The second-order valence-corrected chi connectivity index (χ2v) is 4.01. The summed E-state index contributed by atoms with van der Waals surface area (Å²) in [6, 6.07) is 5.14. The minimum absolute atomic E-state index is 0.0471. The highest BCUT2D eigenvalue weighted by Crippen LogP contribution is 2.24. The Morgan fingerprint density at radius 1 is 1.47 bits per heavy atom. The second kappa shape index (κ2) is 4.83. The van der Waals surface area contributed by atoms with Crippen molar-refractivity contribution in [3.8, 4) is 0 Å². The summed E-state index contributed by atoms with van der Waals surface area (Å²) in [5.74, 6) is 0.439. The lowest BCUT2D eigenvalue weighted by molar-refractivity contribution is 0.318. The highest BCUT2D eigenvalue weighted by Gasteiger charge is 2.08. The fraction of sp³-hybridized carbons (Fsp3) is 0.111. The maximum Gasteiger partial charge on any atom is 0.282 e. The number of nitrogens with zero attached hydrogens (tertiary/aromatic N) is 4. The number of hydrogen-bond donors (Lipinski definition) is 2. The van der Waals surface area contributed by atoms with Crippen LogP contribution in [0.2, 0.25) is 0 Å². The van der Waals surface area contributed by atoms with Gasteiger partial charge >= 0.3 is 0 Å². The maximum atomic E-state index is 8.55. The fourth-order valence-electron chi connectivity index (χ4n) is 1.07. The number of hydrogen-bond acceptors (Lipinski definition) is 7. The zero-order valence-electron chi connectivity index (χ0n) is 8.86. The van der Waals surface area contributed by atoms with Crippen LogP contribution in [-0.2, 0) is 0 Å². The van der Waals surface area contributed by atoms with Crippen molar-refractivity contribution in [2.45, 2.75) is 17.2 Å². The van der Waals surface area contributed by atoms with Crippen molar-refractivity contribution >= 4 is 17.6 Å². The van der Waals surface area contributed by atoms with Crippen molar-refractivity contribution in [2.24, 2.45) is 10.9 Å². The Bertz CT molecular complexity index is 554. The summed E-state index contributed by atoms with van der Waals surface area (Å²) >= 11 is 1.21. The lowest BCUT2D eigenvalue weighted by Crippen LogP contribution is -2.14. The van der Waals surface area contributed by atoms with E-state index in [1.165, 1.54) is 11.8 Å². The molecule has 0 unspecified atom stereocenters. The molecule has 0 aromatic carbocycles. The third-order valence-electron chi connectivity index (χ3n) is 1.79. The molecular formula is C9H9N5O2S. The number of aromatic nitrogens is 3. The van der Waals surface area contributed by atoms with Gasteiger partial charge in [0.05, 0.1) is 0 Å². The van der Waals surface area contributed by atoms with E-state index in [0.29, 0.717) is 21.8 Å². The Kier molecular flexibility index (Phi) is 3.24. The molecule has 0 aliphatic rings. The average Bonchev–Trinajstić information content (AvgIpc) is 2.74. The molecule has 7 nitrogen and oxygen atoms in total. The van der Waals surface area contributed by atoms with Crippen molar-refractivity contribution in [1.82, 2.24) is 15.2 Å². The monoisotopic (exact) mass is 251 g/mol. The van der Waals surface area contributed by atoms with Crippen LogP contribution in [0.25, 0.3) is 0 Å². The fourth-order valence-corrected chi connectivity index (χ4v) is 1.79. The van der Waals surface area contributed by atoms with E-state index in [1.807, 2.05) is 0 Å². The molecule has 0 aliphatic carbocycles. The third kappa shape index (κ3) is 2.72. The Morgan fingerprint density at radius 3 is 2.94 bits per heavy atom. The van der Waals surface area contributed by atoms with Gasteiger partial charge in [-0.1, -0.05) is 11.2 Å².